The molecule has 1 radical (unpaired) electrons. The molecule has 0 amide bonds. The predicted molar refractivity (Wildman–Crippen MR) is 57.0 cm³/mol. The highest BCUT2D eigenvalue weighted by Crippen LogP contribution is 2.26. The molecule has 0 aliphatic carbocycles. The van der Waals surface area contributed by atoms with Gasteiger partial charge in [0.25, 0.3) is 0 Å². The van der Waals surface area contributed by atoms with Gasteiger partial charge in [0, 0.05) is 15.7 Å². The van der Waals surface area contributed by atoms with Crippen molar-refractivity contribution >= 4 is 18.0 Å². The summed E-state index contributed by atoms with van der Waals surface area (Å²) in [7, 11) is 0. The Morgan fingerprint density at radius 1 is 1.38 bits per heavy atom. The second-order valence-electron chi connectivity index (χ2n) is 3.25. The molecule has 0 aliphatic heterocycles. The minimum Gasteiger partial charge on any atom is -0.285 e. The van der Waals surface area contributed by atoms with Crippen LogP contribution in [-0.2, 0) is 4.79 Å². The van der Waals surface area contributed by atoms with Crippen molar-refractivity contribution in [3.05, 3.63) is 29.3 Å². The Labute approximate surface area is 83.5 Å². The fourth-order valence-electron chi connectivity index (χ4n) is 1.04. The van der Waals surface area contributed by atoms with E-state index in [1.807, 2.05) is 18.4 Å². The molecule has 0 aliphatic rings. The van der Waals surface area contributed by atoms with E-state index in [9.17, 15) is 4.79 Å². The van der Waals surface area contributed by atoms with Crippen LogP contribution in [0.4, 0.5) is 0 Å². The van der Waals surface area contributed by atoms with Gasteiger partial charge in [0.2, 0.25) is 6.29 Å². The van der Waals surface area contributed by atoms with Crippen LogP contribution in [0.3, 0.4) is 0 Å². The van der Waals surface area contributed by atoms with E-state index in [1.165, 1.54) is 10.5 Å². The summed E-state index contributed by atoms with van der Waals surface area (Å²) in [6.07, 6.45) is 1.90. The normalized spacial score (nSPS) is 10.5. The Bertz CT molecular complexity index is 305. The Balaban J connectivity index is 2.96. The second kappa shape index (κ2) is 4.47. The lowest BCUT2D eigenvalue weighted by molar-refractivity contribution is 0.562. The standard InChI is InChI=1S/C11H13OS/c1-8(2)13-11-6-10(7-12)5-4-9(11)3/h4-6,8H,1-3H3. The lowest BCUT2D eigenvalue weighted by atomic mass is 10.2. The molecular formula is C11H13OS. The summed E-state index contributed by atoms with van der Waals surface area (Å²) in [5.74, 6) is 0. The van der Waals surface area contributed by atoms with Crippen LogP contribution in [0.25, 0.3) is 0 Å². The van der Waals surface area contributed by atoms with Crippen molar-refractivity contribution in [2.24, 2.45) is 0 Å². The molecule has 69 valence electrons. The molecule has 0 fully saturated rings. The van der Waals surface area contributed by atoms with E-state index in [2.05, 4.69) is 20.8 Å². The van der Waals surface area contributed by atoms with Crippen molar-refractivity contribution in [1.29, 1.82) is 0 Å². The summed E-state index contributed by atoms with van der Waals surface area (Å²) >= 11 is 1.78. The van der Waals surface area contributed by atoms with Gasteiger partial charge >= 0.3 is 0 Å². The molecule has 0 aromatic heterocycles. The topological polar surface area (TPSA) is 17.1 Å². The van der Waals surface area contributed by atoms with Gasteiger partial charge in [0.05, 0.1) is 0 Å². The molecule has 1 nitrogen and oxygen atoms in total. The first-order valence-corrected chi connectivity index (χ1v) is 5.17. The lowest BCUT2D eigenvalue weighted by Gasteiger charge is -2.08. The van der Waals surface area contributed by atoms with E-state index in [0.29, 0.717) is 10.8 Å². The van der Waals surface area contributed by atoms with Gasteiger partial charge in [0.15, 0.2) is 0 Å². The van der Waals surface area contributed by atoms with Gasteiger partial charge in [-0.05, 0) is 18.6 Å². The van der Waals surface area contributed by atoms with E-state index in [-0.39, 0.29) is 0 Å². The summed E-state index contributed by atoms with van der Waals surface area (Å²) < 4.78 is 0. The smallest absolute Gasteiger partial charge is 0.233 e. The lowest BCUT2D eigenvalue weighted by Crippen LogP contribution is -1.90. The van der Waals surface area contributed by atoms with Gasteiger partial charge in [-0.1, -0.05) is 26.0 Å². The van der Waals surface area contributed by atoms with Gasteiger partial charge in [-0.2, -0.15) is 0 Å². The molecule has 1 rings (SSSR count). The molecule has 1 aromatic carbocycles. The molecule has 13 heavy (non-hydrogen) atoms. The number of rotatable bonds is 3. The van der Waals surface area contributed by atoms with Gasteiger partial charge in [0.1, 0.15) is 0 Å². The summed E-state index contributed by atoms with van der Waals surface area (Å²) in [6, 6.07) is 5.66. The third-order valence-corrected chi connectivity index (χ3v) is 2.83. The van der Waals surface area contributed by atoms with E-state index in [1.54, 1.807) is 17.8 Å². The Morgan fingerprint density at radius 3 is 2.62 bits per heavy atom. The zero-order valence-corrected chi connectivity index (χ0v) is 8.94. The maximum Gasteiger partial charge on any atom is 0.233 e. The predicted octanol–water partition coefficient (Wildman–Crippen LogP) is 2.95. The summed E-state index contributed by atoms with van der Waals surface area (Å²) in [6.45, 7) is 6.34. The van der Waals surface area contributed by atoms with Crippen LogP contribution in [0.15, 0.2) is 23.1 Å². The number of carbonyl (C=O) groups excluding carboxylic acids is 1. The Kier molecular flexibility index (Phi) is 3.55. The molecule has 0 unspecified atom stereocenters. The fourth-order valence-corrected chi connectivity index (χ4v) is 2.00. The third kappa shape index (κ3) is 2.88. The van der Waals surface area contributed by atoms with Crippen LogP contribution in [0.5, 0.6) is 0 Å². The maximum atomic E-state index is 10.4. The maximum absolute atomic E-state index is 10.4. The second-order valence-corrected chi connectivity index (χ2v) is 4.87. The SMILES string of the molecule is Cc1ccc([C]=O)cc1SC(C)C. The monoisotopic (exact) mass is 193 g/mol. The first-order chi connectivity index (χ1) is 6.13. The van der Waals surface area contributed by atoms with Crippen LogP contribution < -0.4 is 0 Å². The van der Waals surface area contributed by atoms with Gasteiger partial charge in [-0.15, -0.1) is 11.8 Å². The molecule has 0 N–H and O–H groups in total. The zero-order chi connectivity index (χ0) is 9.84. The molecule has 1 aromatic rings. The highest BCUT2D eigenvalue weighted by atomic mass is 32.2. The van der Waals surface area contributed by atoms with Gasteiger partial charge in [-0.25, -0.2) is 0 Å². The van der Waals surface area contributed by atoms with Crippen LogP contribution in [0, 0.1) is 6.92 Å². The minimum atomic E-state index is 0.542. The molecule has 0 heterocycles. The number of hydrogen-bond acceptors (Lipinski definition) is 2. The van der Waals surface area contributed by atoms with Crippen molar-refractivity contribution in [3.63, 3.8) is 0 Å². The zero-order valence-electron chi connectivity index (χ0n) is 8.13. The van der Waals surface area contributed by atoms with Crippen molar-refractivity contribution in [1.82, 2.24) is 0 Å². The minimum absolute atomic E-state index is 0.542. The van der Waals surface area contributed by atoms with Gasteiger partial charge < -0.3 is 0 Å². The Morgan fingerprint density at radius 2 is 2.08 bits per heavy atom. The van der Waals surface area contributed by atoms with Crippen LogP contribution in [-0.4, -0.2) is 11.5 Å². The first kappa shape index (κ1) is 10.3. The van der Waals surface area contributed by atoms with Crippen molar-refractivity contribution in [2.45, 2.75) is 30.9 Å². The summed E-state index contributed by atoms with van der Waals surface area (Å²) in [5.41, 5.74) is 1.85. The fraction of sp³-hybridized carbons (Fsp3) is 0.364. The highest BCUT2D eigenvalue weighted by molar-refractivity contribution is 8.00. The number of aryl methyl sites for hydroxylation is 1. The van der Waals surface area contributed by atoms with Crippen molar-refractivity contribution in [3.8, 4) is 0 Å². The average Bonchev–Trinajstić information content (AvgIpc) is 2.08. The van der Waals surface area contributed by atoms with E-state index < -0.39 is 0 Å². The molecular weight excluding hydrogens is 180 g/mol. The average molecular weight is 193 g/mol. The molecule has 0 atom stereocenters. The number of benzene rings is 1. The number of hydrogen-bond donors (Lipinski definition) is 0. The largest absolute Gasteiger partial charge is 0.285 e. The van der Waals surface area contributed by atoms with Crippen LogP contribution in [0.2, 0.25) is 0 Å². The Hall–Kier alpha value is -0.760. The van der Waals surface area contributed by atoms with Crippen molar-refractivity contribution in [2.75, 3.05) is 0 Å². The van der Waals surface area contributed by atoms with Crippen LogP contribution >= 0.6 is 11.8 Å². The third-order valence-electron chi connectivity index (χ3n) is 1.67. The first-order valence-electron chi connectivity index (χ1n) is 4.29. The number of thioether (sulfide) groups is 1. The van der Waals surface area contributed by atoms with E-state index >= 15 is 0 Å². The molecule has 0 saturated carbocycles. The molecule has 0 saturated heterocycles. The summed E-state index contributed by atoms with van der Waals surface area (Å²) in [5, 5.41) is 0.542. The molecule has 2 heteroatoms. The highest BCUT2D eigenvalue weighted by Gasteiger charge is 2.03. The van der Waals surface area contributed by atoms with Crippen molar-refractivity contribution < 1.29 is 4.79 Å². The van der Waals surface area contributed by atoms with Crippen LogP contribution in [0.1, 0.15) is 25.0 Å². The summed E-state index contributed by atoms with van der Waals surface area (Å²) in [4.78, 5) is 11.6. The van der Waals surface area contributed by atoms with Gasteiger partial charge in [-0.3, -0.25) is 4.79 Å². The molecule has 0 bridgehead atoms. The molecule has 0 spiro atoms. The van der Waals surface area contributed by atoms with E-state index in [4.69, 9.17) is 0 Å². The quantitative estimate of drug-likeness (QED) is 0.686. The van der Waals surface area contributed by atoms with E-state index in [0.717, 1.165) is 0 Å².